The number of hydrogen-bond donors (Lipinski definition) is 0. The Morgan fingerprint density at radius 3 is 1.63 bits per heavy atom. The molecule has 0 fully saturated rings. The van der Waals surface area contributed by atoms with Gasteiger partial charge in [0.1, 0.15) is 11.2 Å². The molecule has 0 N–H and O–H groups in total. The lowest BCUT2D eigenvalue weighted by molar-refractivity contribution is 0.647. The topological polar surface area (TPSA) is 51.8 Å². The van der Waals surface area contributed by atoms with Crippen LogP contribution < -0.4 is 0 Å². The lowest BCUT2D eigenvalue weighted by atomic mass is 9.81. The molecule has 52 heavy (non-hydrogen) atoms. The molecule has 0 radical (unpaired) electrons. The number of benzene rings is 7. The summed E-state index contributed by atoms with van der Waals surface area (Å²) in [5.41, 5.74) is 14.3. The fourth-order valence-electron chi connectivity index (χ4n) is 7.76. The Morgan fingerprint density at radius 2 is 0.885 bits per heavy atom. The van der Waals surface area contributed by atoms with E-state index in [1.165, 1.54) is 27.8 Å². The first-order chi connectivity index (χ1) is 25.5. The van der Waals surface area contributed by atoms with E-state index >= 15 is 0 Å². The number of furan rings is 1. The highest BCUT2D eigenvalue weighted by Gasteiger charge is 2.36. The van der Waals surface area contributed by atoms with Gasteiger partial charge in [0.2, 0.25) is 0 Å². The molecule has 0 unspecified atom stereocenters. The van der Waals surface area contributed by atoms with Crippen molar-refractivity contribution in [1.82, 2.24) is 15.0 Å². The van der Waals surface area contributed by atoms with Gasteiger partial charge in [-0.1, -0.05) is 147 Å². The van der Waals surface area contributed by atoms with Crippen LogP contribution in [0.5, 0.6) is 0 Å². The standard InChI is InChI=1S/C48H33N3O/c1-48(2)41-27-35(24-25-37(41)39-28-40-38-18-9-10-19-43(38)52-44(40)29-42(39)48)34-16-11-17-36(26-34)47-50-45(32-14-7-4-8-15-32)49-46(51-47)33-22-20-31(21-23-33)30-12-5-3-6-13-30/h3-29H,1-2H3. The zero-order chi connectivity index (χ0) is 34.8. The van der Waals surface area contributed by atoms with Gasteiger partial charge in [0.05, 0.1) is 0 Å². The molecule has 10 rings (SSSR count). The smallest absolute Gasteiger partial charge is 0.164 e. The molecule has 0 saturated heterocycles. The van der Waals surface area contributed by atoms with Gasteiger partial charge in [-0.3, -0.25) is 0 Å². The summed E-state index contributed by atoms with van der Waals surface area (Å²) in [5, 5.41) is 2.31. The van der Waals surface area contributed by atoms with E-state index in [-0.39, 0.29) is 5.41 Å². The van der Waals surface area contributed by atoms with Crippen LogP contribution >= 0.6 is 0 Å². The SMILES string of the molecule is CC1(C)c2cc(-c3cccc(-c4nc(-c5ccccc5)nc(-c5ccc(-c6ccccc6)cc5)n4)c3)ccc2-c2cc3c(cc21)oc1ccccc13. The molecule has 4 heteroatoms. The average molecular weight is 668 g/mol. The molecule has 4 nitrogen and oxygen atoms in total. The van der Waals surface area contributed by atoms with Gasteiger partial charge in [-0.05, 0) is 74.8 Å². The van der Waals surface area contributed by atoms with Crippen LogP contribution in [0.2, 0.25) is 0 Å². The summed E-state index contributed by atoms with van der Waals surface area (Å²) in [7, 11) is 0. The van der Waals surface area contributed by atoms with E-state index in [4.69, 9.17) is 19.4 Å². The molecular formula is C48H33N3O. The second kappa shape index (κ2) is 11.7. The zero-order valence-corrected chi connectivity index (χ0v) is 28.8. The summed E-state index contributed by atoms with van der Waals surface area (Å²) in [6, 6.07) is 57.3. The molecule has 246 valence electrons. The highest BCUT2D eigenvalue weighted by molar-refractivity contribution is 6.07. The second-order valence-electron chi connectivity index (χ2n) is 14.1. The highest BCUT2D eigenvalue weighted by Crippen LogP contribution is 2.51. The molecule has 9 aromatic rings. The van der Waals surface area contributed by atoms with Crippen molar-refractivity contribution in [2.24, 2.45) is 0 Å². The maximum Gasteiger partial charge on any atom is 0.164 e. The molecule has 1 aliphatic rings. The number of para-hydroxylation sites is 1. The molecule has 0 atom stereocenters. The van der Waals surface area contributed by atoms with E-state index in [1.54, 1.807) is 0 Å². The number of aromatic nitrogens is 3. The van der Waals surface area contributed by atoms with Crippen molar-refractivity contribution in [3.05, 3.63) is 175 Å². The number of rotatable bonds is 5. The predicted molar refractivity (Wildman–Crippen MR) is 212 cm³/mol. The molecule has 2 heterocycles. The van der Waals surface area contributed by atoms with Gasteiger partial charge in [-0.2, -0.15) is 0 Å². The van der Waals surface area contributed by atoms with Crippen LogP contribution in [-0.4, -0.2) is 15.0 Å². The van der Waals surface area contributed by atoms with Crippen LogP contribution in [0.25, 0.3) is 89.5 Å². The molecule has 1 aliphatic carbocycles. The summed E-state index contributed by atoms with van der Waals surface area (Å²) in [6.07, 6.45) is 0. The number of nitrogens with zero attached hydrogens (tertiary/aromatic N) is 3. The summed E-state index contributed by atoms with van der Waals surface area (Å²) < 4.78 is 6.30. The normalized spacial score (nSPS) is 13.0. The minimum atomic E-state index is -0.185. The van der Waals surface area contributed by atoms with E-state index in [0.29, 0.717) is 17.5 Å². The first kappa shape index (κ1) is 30.2. The zero-order valence-electron chi connectivity index (χ0n) is 28.8. The quantitative estimate of drug-likeness (QED) is 0.183. The third kappa shape index (κ3) is 4.95. The van der Waals surface area contributed by atoms with E-state index in [9.17, 15) is 0 Å². The van der Waals surface area contributed by atoms with Crippen molar-refractivity contribution in [3.63, 3.8) is 0 Å². The molecule has 0 amide bonds. The summed E-state index contributed by atoms with van der Waals surface area (Å²) in [6.45, 7) is 4.63. The van der Waals surface area contributed by atoms with E-state index in [0.717, 1.165) is 55.3 Å². The lowest BCUT2D eigenvalue weighted by Gasteiger charge is -2.22. The van der Waals surface area contributed by atoms with Crippen LogP contribution in [0.15, 0.2) is 168 Å². The van der Waals surface area contributed by atoms with Crippen LogP contribution in [0.4, 0.5) is 0 Å². The molecule has 2 aromatic heterocycles. The number of fused-ring (bicyclic) bond motifs is 6. The Morgan fingerprint density at radius 1 is 0.365 bits per heavy atom. The minimum Gasteiger partial charge on any atom is -0.456 e. The van der Waals surface area contributed by atoms with Gasteiger partial charge in [-0.15, -0.1) is 0 Å². The molecule has 0 bridgehead atoms. The Hall–Kier alpha value is -6.65. The largest absolute Gasteiger partial charge is 0.456 e. The molecule has 0 spiro atoms. The second-order valence-corrected chi connectivity index (χ2v) is 14.1. The van der Waals surface area contributed by atoms with Gasteiger partial charge in [0.15, 0.2) is 17.5 Å². The van der Waals surface area contributed by atoms with E-state index < -0.39 is 0 Å². The van der Waals surface area contributed by atoms with E-state index in [1.807, 2.05) is 48.5 Å². The van der Waals surface area contributed by atoms with Crippen LogP contribution in [0.3, 0.4) is 0 Å². The first-order valence-electron chi connectivity index (χ1n) is 17.7. The number of hydrogen-bond acceptors (Lipinski definition) is 4. The average Bonchev–Trinajstić information content (AvgIpc) is 3.68. The maximum absolute atomic E-state index is 6.30. The summed E-state index contributed by atoms with van der Waals surface area (Å²) >= 11 is 0. The lowest BCUT2D eigenvalue weighted by Crippen LogP contribution is -2.15. The Bertz CT molecular complexity index is 2800. The maximum atomic E-state index is 6.30. The molecule has 7 aromatic carbocycles. The fraction of sp³-hybridized carbons (Fsp3) is 0.0625. The summed E-state index contributed by atoms with van der Waals surface area (Å²) in [4.78, 5) is 15.0. The van der Waals surface area contributed by atoms with Gasteiger partial charge in [0.25, 0.3) is 0 Å². The van der Waals surface area contributed by atoms with Crippen molar-refractivity contribution in [2.75, 3.05) is 0 Å². The van der Waals surface area contributed by atoms with E-state index in [2.05, 4.69) is 129 Å². The van der Waals surface area contributed by atoms with Gasteiger partial charge in [-0.25, -0.2) is 15.0 Å². The Labute approximate surface area is 302 Å². The third-order valence-corrected chi connectivity index (χ3v) is 10.5. The Kier molecular flexibility index (Phi) is 6.80. The fourth-order valence-corrected chi connectivity index (χ4v) is 7.76. The van der Waals surface area contributed by atoms with Crippen LogP contribution in [-0.2, 0) is 5.41 Å². The highest BCUT2D eigenvalue weighted by atomic mass is 16.3. The van der Waals surface area contributed by atoms with Crippen LogP contribution in [0, 0.1) is 0 Å². The van der Waals surface area contributed by atoms with Crippen molar-refractivity contribution < 1.29 is 4.42 Å². The molecular weight excluding hydrogens is 635 g/mol. The van der Waals surface area contributed by atoms with Gasteiger partial charge in [0, 0.05) is 32.9 Å². The third-order valence-electron chi connectivity index (χ3n) is 10.5. The monoisotopic (exact) mass is 667 g/mol. The van der Waals surface area contributed by atoms with Crippen molar-refractivity contribution in [3.8, 4) is 67.5 Å². The van der Waals surface area contributed by atoms with Crippen molar-refractivity contribution in [1.29, 1.82) is 0 Å². The molecule has 0 aliphatic heterocycles. The van der Waals surface area contributed by atoms with Crippen molar-refractivity contribution >= 4 is 21.9 Å². The van der Waals surface area contributed by atoms with Gasteiger partial charge < -0.3 is 4.42 Å². The predicted octanol–water partition coefficient (Wildman–Crippen LogP) is 12.4. The van der Waals surface area contributed by atoms with Gasteiger partial charge >= 0.3 is 0 Å². The van der Waals surface area contributed by atoms with Crippen LogP contribution in [0.1, 0.15) is 25.0 Å². The minimum absolute atomic E-state index is 0.185. The Balaban J connectivity index is 1.05. The summed E-state index contributed by atoms with van der Waals surface area (Å²) in [5.74, 6) is 1.93. The molecule has 0 saturated carbocycles. The van der Waals surface area contributed by atoms with Crippen molar-refractivity contribution in [2.45, 2.75) is 19.3 Å². The first-order valence-corrected chi connectivity index (χ1v) is 17.7.